The van der Waals surface area contributed by atoms with Gasteiger partial charge in [-0.3, -0.25) is 8.42 Å². The monoisotopic (exact) mass is 559 g/mol. The smallest absolute Gasteiger partial charge is 0.460 e. The van der Waals surface area contributed by atoms with Gasteiger partial charge in [-0.1, -0.05) is 53.4 Å². The summed E-state index contributed by atoms with van der Waals surface area (Å²) in [5.74, 6) is -2.32. The van der Waals surface area contributed by atoms with Crippen LogP contribution in [0.25, 0.3) is 0 Å². The predicted octanol–water partition coefficient (Wildman–Crippen LogP) is 5.42. The van der Waals surface area contributed by atoms with Crippen LogP contribution < -0.4 is 0 Å². The molecule has 1 fully saturated rings. The highest BCUT2D eigenvalue weighted by atomic mass is 79.9. The van der Waals surface area contributed by atoms with E-state index >= 15 is 0 Å². The van der Waals surface area contributed by atoms with Crippen LogP contribution in [-0.2, 0) is 24.4 Å². The second-order valence-corrected chi connectivity index (χ2v) is 13.5. The van der Waals surface area contributed by atoms with Crippen molar-refractivity contribution in [2.24, 2.45) is 0 Å². The van der Waals surface area contributed by atoms with Crippen LogP contribution in [0.5, 0.6) is 0 Å². The van der Waals surface area contributed by atoms with Gasteiger partial charge in [-0.25, -0.2) is 4.79 Å². The highest BCUT2D eigenvalue weighted by Crippen LogP contribution is 2.60. The minimum atomic E-state index is -5.59. The van der Waals surface area contributed by atoms with Crippen LogP contribution in [0.3, 0.4) is 0 Å². The third kappa shape index (κ3) is 6.51. The highest BCUT2D eigenvalue weighted by Gasteiger charge is 2.63. The highest BCUT2D eigenvalue weighted by molar-refractivity contribution is 9.09. The van der Waals surface area contributed by atoms with Crippen LogP contribution in [0.15, 0.2) is 35.2 Å². The molecule has 0 aromatic heterocycles. The van der Waals surface area contributed by atoms with Crippen molar-refractivity contribution in [2.45, 2.75) is 66.8 Å². The number of rotatable bonds is 12. The van der Waals surface area contributed by atoms with Crippen LogP contribution in [0.2, 0.25) is 0 Å². The molecule has 0 aliphatic heterocycles. The Kier molecular flexibility index (Phi) is 10.1. The van der Waals surface area contributed by atoms with E-state index in [1.54, 1.807) is 30.3 Å². The van der Waals surface area contributed by atoms with Crippen molar-refractivity contribution in [3.63, 3.8) is 0 Å². The van der Waals surface area contributed by atoms with Gasteiger partial charge in [0.2, 0.25) is 0 Å². The standard InChI is InChI=1S/C21H29BrF2O6S2/c1-31(17-11-5-4-6-12-17,19-14-8-7-13-18(19)25)30-32(27,28)21(23,24)20(26)29-16-10-3-2-9-15-22/h4-6,11-12,19H,2-3,7-10,13-16H2,1H3/p+1. The molecule has 2 atom stereocenters. The maximum Gasteiger partial charge on any atom is 0.514 e. The molecule has 1 saturated carbocycles. The van der Waals surface area contributed by atoms with Crippen LogP contribution in [0.4, 0.5) is 8.78 Å². The Balaban J connectivity index is 2.21. The molecule has 1 aromatic carbocycles. The number of carbonyl (C=O) groups excluding carboxylic acids is 2. The van der Waals surface area contributed by atoms with E-state index in [0.29, 0.717) is 37.0 Å². The molecule has 11 heteroatoms. The van der Waals surface area contributed by atoms with E-state index < -0.39 is 36.9 Å². The quantitative estimate of drug-likeness (QED) is 0.112. The van der Waals surface area contributed by atoms with Crippen molar-refractivity contribution in [3.8, 4) is 0 Å². The van der Waals surface area contributed by atoms with Crippen LogP contribution >= 0.6 is 26.2 Å². The summed E-state index contributed by atoms with van der Waals surface area (Å²) in [5, 5.41) is -4.81. The largest absolute Gasteiger partial charge is 0.514 e. The van der Waals surface area contributed by atoms with E-state index in [2.05, 4.69) is 24.3 Å². The number of ketones is 1. The van der Waals surface area contributed by atoms with Crippen molar-refractivity contribution in [1.82, 2.24) is 0 Å². The molecule has 0 bridgehead atoms. The average Bonchev–Trinajstić information content (AvgIpc) is 2.76. The zero-order chi connectivity index (χ0) is 23.8. The topological polar surface area (TPSA) is 90.3 Å². The van der Waals surface area contributed by atoms with Gasteiger partial charge in [-0.05, 0) is 37.8 Å². The fraction of sp³-hybridized carbons (Fsp3) is 0.619. The average molecular weight is 560 g/mol. The van der Waals surface area contributed by atoms with E-state index in [1.165, 1.54) is 6.26 Å². The van der Waals surface area contributed by atoms with Crippen molar-refractivity contribution in [3.05, 3.63) is 30.3 Å². The molecule has 0 spiro atoms. The Labute approximate surface area is 198 Å². The molecule has 2 rings (SSSR count). The lowest BCUT2D eigenvalue weighted by atomic mass is 9.99. The summed E-state index contributed by atoms with van der Waals surface area (Å²) in [5.41, 5.74) is 0. The molecule has 1 aliphatic rings. The molecule has 6 nitrogen and oxygen atoms in total. The second kappa shape index (κ2) is 11.9. The number of hydrogen-bond acceptors (Lipinski definition) is 5. The molecule has 0 amide bonds. The van der Waals surface area contributed by atoms with E-state index in [4.69, 9.17) is 0 Å². The van der Waals surface area contributed by atoms with E-state index in [1.807, 2.05) is 0 Å². The molecule has 1 aliphatic carbocycles. The third-order valence-electron chi connectivity index (χ3n) is 5.35. The number of alkyl halides is 3. The number of Topliss-reactive ketones (excluding diaryl/α,β-unsaturated/α-hetero) is 1. The molecule has 0 saturated heterocycles. The van der Waals surface area contributed by atoms with Crippen LogP contribution in [0, 0.1) is 0 Å². The van der Waals surface area contributed by atoms with Crippen molar-refractivity contribution < 1.29 is 35.2 Å². The summed E-state index contributed by atoms with van der Waals surface area (Å²) in [6, 6.07) is 8.14. The number of hydrogen-bond donors (Lipinski definition) is 0. The summed E-state index contributed by atoms with van der Waals surface area (Å²) >= 11 is 3.28. The Morgan fingerprint density at radius 2 is 1.81 bits per heavy atom. The number of carbonyl (C=O) groups is 2. The molecule has 182 valence electrons. The third-order valence-corrected chi connectivity index (χ3v) is 11.6. The summed E-state index contributed by atoms with van der Waals surface area (Å²) in [7, 11) is -8.48. The number of unbranched alkanes of at least 4 members (excludes halogenated alkanes) is 3. The minimum absolute atomic E-state index is 0.189. The summed E-state index contributed by atoms with van der Waals surface area (Å²) in [6.07, 6.45) is 6.17. The summed E-state index contributed by atoms with van der Waals surface area (Å²) < 4.78 is 63.0. The van der Waals surface area contributed by atoms with Crippen LogP contribution in [-0.4, -0.2) is 52.5 Å². The van der Waals surface area contributed by atoms with Gasteiger partial charge < -0.3 is 4.74 Å². The summed E-state index contributed by atoms with van der Waals surface area (Å²) in [4.78, 5) is 25.0. The molecule has 2 unspecified atom stereocenters. The zero-order valence-electron chi connectivity index (χ0n) is 18.0. The van der Waals surface area contributed by atoms with Gasteiger partial charge in [0.05, 0.1) is 11.5 Å². The van der Waals surface area contributed by atoms with E-state index in [9.17, 15) is 26.8 Å². The normalized spacial score (nSPS) is 20.4. The first-order valence-electron chi connectivity index (χ1n) is 10.5. The number of halogens is 3. The SMILES string of the molecule is CS([OH+]S(=O)(=O)C(F)(F)C(=O)OCCCCCCBr)(c1ccccc1)C1CCCCC1=O. The van der Waals surface area contributed by atoms with Gasteiger partial charge in [0.25, 0.3) is 0 Å². The molecule has 1 N–H and O–H groups in total. The van der Waals surface area contributed by atoms with Gasteiger partial charge in [0.1, 0.15) is 5.25 Å². The van der Waals surface area contributed by atoms with Gasteiger partial charge in [0, 0.05) is 28.3 Å². The summed E-state index contributed by atoms with van der Waals surface area (Å²) in [6.45, 7) is -0.295. The zero-order valence-corrected chi connectivity index (χ0v) is 21.2. The van der Waals surface area contributed by atoms with Crippen molar-refractivity contribution in [2.75, 3.05) is 18.2 Å². The van der Waals surface area contributed by atoms with Gasteiger partial charge in [-0.2, -0.15) is 8.78 Å². The molecular weight excluding hydrogens is 530 g/mol. The maximum atomic E-state index is 14.7. The van der Waals surface area contributed by atoms with Gasteiger partial charge in [-0.15, -0.1) is 8.42 Å². The first-order valence-corrected chi connectivity index (χ1v) is 15.1. The predicted molar refractivity (Wildman–Crippen MR) is 125 cm³/mol. The fourth-order valence-corrected chi connectivity index (χ4v) is 9.27. The van der Waals surface area contributed by atoms with Crippen LogP contribution in [0.1, 0.15) is 51.4 Å². The molecule has 0 heterocycles. The maximum absolute atomic E-state index is 14.7. The second-order valence-electron chi connectivity index (χ2n) is 7.76. The lowest BCUT2D eigenvalue weighted by Gasteiger charge is -2.38. The van der Waals surface area contributed by atoms with Gasteiger partial charge >= 0.3 is 21.3 Å². The first-order chi connectivity index (χ1) is 15.1. The lowest BCUT2D eigenvalue weighted by molar-refractivity contribution is -0.161. The lowest BCUT2D eigenvalue weighted by Crippen LogP contribution is -2.44. The van der Waals surface area contributed by atoms with E-state index in [0.717, 1.165) is 18.2 Å². The molecular formula is C21H30BrF2O6S2+. The number of esters is 1. The number of benzene rings is 1. The molecule has 1 aromatic rings. The molecule has 32 heavy (non-hydrogen) atoms. The van der Waals surface area contributed by atoms with Gasteiger partial charge in [0.15, 0.2) is 5.78 Å². The van der Waals surface area contributed by atoms with Crippen molar-refractivity contribution in [1.29, 1.82) is 0 Å². The minimum Gasteiger partial charge on any atom is -0.460 e. The van der Waals surface area contributed by atoms with E-state index in [-0.39, 0.29) is 18.8 Å². The Hall–Kier alpha value is -1.04. The Bertz CT molecular complexity index is 882. The van der Waals surface area contributed by atoms with Crippen molar-refractivity contribution >= 4 is 48.1 Å². The number of ether oxygens (including phenoxy) is 1. The Morgan fingerprint density at radius 3 is 2.44 bits per heavy atom. The Morgan fingerprint density at radius 1 is 1.16 bits per heavy atom. The first kappa shape index (κ1) is 27.2. The molecule has 0 radical (unpaired) electrons. The fourth-order valence-electron chi connectivity index (χ4n) is 3.55.